The number of hydrogen-bond acceptors (Lipinski definition) is 2. The van der Waals surface area contributed by atoms with Crippen molar-refractivity contribution in [2.45, 2.75) is 64.9 Å². The first-order valence-electron chi connectivity index (χ1n) is 8.78. The van der Waals surface area contributed by atoms with Crippen LogP contribution in [0, 0.1) is 5.92 Å². The quantitative estimate of drug-likeness (QED) is 0.681. The van der Waals surface area contributed by atoms with Gasteiger partial charge in [0.1, 0.15) is 17.4 Å². The molecule has 1 aliphatic heterocycles. The number of pyridine rings is 1. The lowest BCUT2D eigenvalue weighted by molar-refractivity contribution is 0.169. The van der Waals surface area contributed by atoms with Crippen LogP contribution in [0.25, 0.3) is 10.9 Å². The maximum Gasteiger partial charge on any atom is 0.149 e. The highest BCUT2D eigenvalue weighted by molar-refractivity contribution is 5.86. The van der Waals surface area contributed by atoms with Gasteiger partial charge in [-0.1, -0.05) is 64.7 Å². The van der Waals surface area contributed by atoms with E-state index in [0.29, 0.717) is 12.0 Å². The van der Waals surface area contributed by atoms with Crippen LogP contribution in [0.5, 0.6) is 5.75 Å². The van der Waals surface area contributed by atoms with Crippen LogP contribution < -0.4 is 4.74 Å². The van der Waals surface area contributed by atoms with Gasteiger partial charge in [-0.25, -0.2) is 0 Å². The molecule has 3 rings (SSSR count). The van der Waals surface area contributed by atoms with Crippen molar-refractivity contribution in [1.29, 1.82) is 0 Å². The number of rotatable bonds is 6. The Balaban J connectivity index is 1.81. The normalized spacial score (nSPS) is 21.6. The van der Waals surface area contributed by atoms with Gasteiger partial charge in [-0.15, -0.1) is 0 Å². The van der Waals surface area contributed by atoms with Crippen LogP contribution in [-0.2, 0) is 0 Å². The minimum atomic E-state index is 0.310. The van der Waals surface area contributed by atoms with Crippen LogP contribution in [0.2, 0.25) is 0 Å². The zero-order valence-corrected chi connectivity index (χ0v) is 14.0. The van der Waals surface area contributed by atoms with Crippen molar-refractivity contribution in [1.82, 2.24) is 4.98 Å². The van der Waals surface area contributed by atoms with Gasteiger partial charge in [-0.3, -0.25) is 4.98 Å². The summed E-state index contributed by atoms with van der Waals surface area (Å²) in [6, 6.07) is 8.51. The molecule has 0 spiro atoms. The van der Waals surface area contributed by atoms with E-state index in [9.17, 15) is 0 Å². The molecule has 3 atom stereocenters. The summed E-state index contributed by atoms with van der Waals surface area (Å²) in [6.07, 6.45) is 8.53. The van der Waals surface area contributed by atoms with Gasteiger partial charge in [0.05, 0.1) is 0 Å². The second-order valence-corrected chi connectivity index (χ2v) is 6.66. The largest absolute Gasteiger partial charge is 0.487 e. The predicted molar refractivity (Wildman–Crippen MR) is 92.5 cm³/mol. The highest BCUT2D eigenvalue weighted by Crippen LogP contribution is 2.44. The molecule has 0 fully saturated rings. The Bertz CT molecular complexity index is 637. The maximum absolute atomic E-state index is 6.38. The SMILES string of the molecule is CCCCC(CC)CC1Oc2c(ccc3cccnc23)C1C. The molecule has 0 bridgehead atoms. The van der Waals surface area contributed by atoms with Gasteiger partial charge in [-0.2, -0.15) is 0 Å². The van der Waals surface area contributed by atoms with Gasteiger partial charge in [0, 0.05) is 23.1 Å². The monoisotopic (exact) mass is 297 g/mol. The lowest BCUT2D eigenvalue weighted by atomic mass is 9.87. The molecule has 0 amide bonds. The number of aromatic nitrogens is 1. The molecule has 22 heavy (non-hydrogen) atoms. The van der Waals surface area contributed by atoms with Crippen LogP contribution in [-0.4, -0.2) is 11.1 Å². The van der Waals surface area contributed by atoms with Crippen molar-refractivity contribution in [2.24, 2.45) is 5.92 Å². The molecular formula is C20H27NO. The highest BCUT2D eigenvalue weighted by atomic mass is 16.5. The van der Waals surface area contributed by atoms with Gasteiger partial charge in [0.2, 0.25) is 0 Å². The third kappa shape index (κ3) is 2.84. The molecule has 2 heterocycles. The summed E-state index contributed by atoms with van der Waals surface area (Å²) in [5.74, 6) is 2.28. The molecule has 0 aliphatic carbocycles. The molecule has 0 radical (unpaired) electrons. The van der Waals surface area contributed by atoms with E-state index in [4.69, 9.17) is 4.74 Å². The van der Waals surface area contributed by atoms with E-state index in [1.54, 1.807) is 0 Å². The van der Waals surface area contributed by atoms with Crippen molar-refractivity contribution in [2.75, 3.05) is 0 Å². The first-order valence-corrected chi connectivity index (χ1v) is 8.78. The molecule has 0 N–H and O–H groups in total. The van der Waals surface area contributed by atoms with Crippen LogP contribution in [0.4, 0.5) is 0 Å². The molecule has 1 aromatic heterocycles. The first-order chi connectivity index (χ1) is 10.7. The van der Waals surface area contributed by atoms with E-state index in [1.165, 1.54) is 43.1 Å². The molecule has 0 saturated carbocycles. The summed E-state index contributed by atoms with van der Waals surface area (Å²) in [5, 5.41) is 1.17. The van der Waals surface area contributed by atoms with Crippen molar-refractivity contribution in [3.63, 3.8) is 0 Å². The fourth-order valence-corrected chi connectivity index (χ4v) is 3.63. The molecule has 118 valence electrons. The zero-order chi connectivity index (χ0) is 15.5. The van der Waals surface area contributed by atoms with Gasteiger partial charge in [-0.05, 0) is 18.4 Å². The molecule has 1 aromatic carbocycles. The van der Waals surface area contributed by atoms with Crippen LogP contribution in [0.1, 0.15) is 64.4 Å². The molecule has 0 saturated heterocycles. The van der Waals surface area contributed by atoms with E-state index < -0.39 is 0 Å². The summed E-state index contributed by atoms with van der Waals surface area (Å²) in [6.45, 7) is 6.89. The Labute approximate surface area is 133 Å². The average Bonchev–Trinajstić information content (AvgIpc) is 2.88. The van der Waals surface area contributed by atoms with Gasteiger partial charge < -0.3 is 4.74 Å². The first kappa shape index (κ1) is 15.3. The smallest absolute Gasteiger partial charge is 0.149 e. The van der Waals surface area contributed by atoms with Crippen molar-refractivity contribution >= 4 is 10.9 Å². The van der Waals surface area contributed by atoms with Crippen LogP contribution >= 0.6 is 0 Å². The summed E-state index contributed by atoms with van der Waals surface area (Å²) in [7, 11) is 0. The second kappa shape index (κ2) is 6.68. The lowest BCUT2D eigenvalue weighted by Crippen LogP contribution is -2.21. The number of hydrogen-bond donors (Lipinski definition) is 0. The summed E-state index contributed by atoms with van der Waals surface area (Å²) in [4.78, 5) is 4.55. The minimum absolute atomic E-state index is 0.310. The maximum atomic E-state index is 6.38. The Hall–Kier alpha value is -1.57. The third-order valence-corrected chi connectivity index (χ3v) is 5.19. The standard InChI is InChI=1S/C20H27NO/c1-4-6-8-15(5-2)13-18-14(3)17-11-10-16-9-7-12-21-19(16)20(17)22-18/h7,9-12,14-15,18H,4-6,8,13H2,1-3H3. The summed E-state index contributed by atoms with van der Waals surface area (Å²) < 4.78 is 6.38. The van der Waals surface area contributed by atoms with E-state index in [2.05, 4.69) is 44.0 Å². The molecule has 2 heteroatoms. The van der Waals surface area contributed by atoms with Crippen molar-refractivity contribution in [3.8, 4) is 5.75 Å². The number of nitrogens with zero attached hydrogens (tertiary/aromatic N) is 1. The molecular weight excluding hydrogens is 270 g/mol. The Morgan fingerprint density at radius 3 is 2.86 bits per heavy atom. The van der Waals surface area contributed by atoms with Crippen molar-refractivity contribution < 1.29 is 4.74 Å². The minimum Gasteiger partial charge on any atom is -0.487 e. The molecule has 3 unspecified atom stereocenters. The lowest BCUT2D eigenvalue weighted by Gasteiger charge is -2.22. The van der Waals surface area contributed by atoms with E-state index in [0.717, 1.165) is 17.2 Å². The third-order valence-electron chi connectivity index (χ3n) is 5.19. The molecule has 1 aliphatic rings. The highest BCUT2D eigenvalue weighted by Gasteiger charge is 2.33. The molecule has 2 aromatic rings. The number of benzene rings is 1. The Kier molecular flexibility index (Phi) is 4.66. The van der Waals surface area contributed by atoms with Gasteiger partial charge >= 0.3 is 0 Å². The molecule has 2 nitrogen and oxygen atoms in total. The Morgan fingerprint density at radius 1 is 1.23 bits per heavy atom. The average molecular weight is 297 g/mol. The van der Waals surface area contributed by atoms with E-state index in [1.807, 2.05) is 12.3 Å². The van der Waals surface area contributed by atoms with E-state index >= 15 is 0 Å². The summed E-state index contributed by atoms with van der Waals surface area (Å²) in [5.41, 5.74) is 2.36. The number of fused-ring (bicyclic) bond motifs is 3. The fraction of sp³-hybridized carbons (Fsp3) is 0.550. The fourth-order valence-electron chi connectivity index (χ4n) is 3.63. The second-order valence-electron chi connectivity index (χ2n) is 6.66. The summed E-state index contributed by atoms with van der Waals surface area (Å²) >= 11 is 0. The van der Waals surface area contributed by atoms with Crippen LogP contribution in [0.15, 0.2) is 30.5 Å². The van der Waals surface area contributed by atoms with E-state index in [-0.39, 0.29) is 0 Å². The van der Waals surface area contributed by atoms with Crippen molar-refractivity contribution in [3.05, 3.63) is 36.0 Å². The number of unbranched alkanes of at least 4 members (excludes halogenated alkanes) is 1. The van der Waals surface area contributed by atoms with Gasteiger partial charge in [0.15, 0.2) is 0 Å². The number of ether oxygens (including phenoxy) is 1. The Morgan fingerprint density at radius 2 is 2.09 bits per heavy atom. The predicted octanol–water partition coefficient (Wildman–Crippen LogP) is 5.71. The zero-order valence-electron chi connectivity index (χ0n) is 14.0. The van der Waals surface area contributed by atoms with Crippen LogP contribution in [0.3, 0.4) is 0 Å². The van der Waals surface area contributed by atoms with Gasteiger partial charge in [0.25, 0.3) is 0 Å². The topological polar surface area (TPSA) is 22.1 Å².